The van der Waals surface area contributed by atoms with Crippen molar-refractivity contribution in [3.63, 3.8) is 0 Å². The second-order valence-corrected chi connectivity index (χ2v) is 8.81. The minimum atomic E-state index is -3.32. The maximum Gasteiger partial charge on any atom is 0.227 e. The van der Waals surface area contributed by atoms with Gasteiger partial charge in [-0.3, -0.25) is 4.79 Å². The lowest BCUT2D eigenvalue weighted by Gasteiger charge is -2.43. The van der Waals surface area contributed by atoms with E-state index in [0.29, 0.717) is 17.5 Å². The molecule has 2 atom stereocenters. The molecule has 7 heteroatoms. The number of fused-ring (bicyclic) bond motifs is 2. The molecular weight excluding hydrogens is 314 g/mol. The Morgan fingerprint density at radius 3 is 2.43 bits per heavy atom. The number of carbonyl (C=O) groups is 1. The van der Waals surface area contributed by atoms with Crippen LogP contribution in [0.5, 0.6) is 0 Å². The van der Waals surface area contributed by atoms with Crippen LogP contribution in [-0.2, 0) is 14.6 Å². The van der Waals surface area contributed by atoms with Gasteiger partial charge in [-0.15, -0.1) is 0 Å². The number of nitrogens with two attached hydrogens (primary N) is 1. The molecule has 2 fully saturated rings. The molecule has 1 amide bonds. The second-order valence-electron chi connectivity index (χ2n) is 6.84. The van der Waals surface area contributed by atoms with Gasteiger partial charge in [0.2, 0.25) is 5.91 Å². The number of anilines is 1. The molecule has 0 radical (unpaired) electrons. The third-order valence-electron chi connectivity index (χ3n) is 5.17. The van der Waals surface area contributed by atoms with Crippen molar-refractivity contribution < 1.29 is 13.2 Å². The van der Waals surface area contributed by atoms with E-state index < -0.39 is 9.84 Å². The molecule has 1 aromatic heterocycles. The van der Waals surface area contributed by atoms with Crippen LogP contribution >= 0.6 is 0 Å². The monoisotopic (exact) mass is 337 g/mol. The van der Waals surface area contributed by atoms with Crippen molar-refractivity contribution in [2.75, 3.05) is 11.6 Å². The average molecular weight is 337 g/mol. The number of rotatable bonds is 3. The highest BCUT2D eigenvalue weighted by Gasteiger charge is 2.40. The molecule has 0 aromatic carbocycles. The molecule has 6 nitrogen and oxygen atoms in total. The van der Waals surface area contributed by atoms with Gasteiger partial charge >= 0.3 is 0 Å². The first kappa shape index (κ1) is 16.4. The van der Waals surface area contributed by atoms with Crippen molar-refractivity contribution in [1.29, 1.82) is 0 Å². The largest absolute Gasteiger partial charge is 0.327 e. The van der Waals surface area contributed by atoms with Crippen molar-refractivity contribution in [3.05, 3.63) is 18.3 Å². The number of sulfone groups is 1. The van der Waals surface area contributed by atoms with E-state index in [9.17, 15) is 13.2 Å². The minimum absolute atomic E-state index is 0.00803. The van der Waals surface area contributed by atoms with Gasteiger partial charge in [0.1, 0.15) is 0 Å². The maximum atomic E-state index is 12.5. The number of amides is 1. The number of pyridine rings is 1. The molecule has 1 heterocycles. The smallest absolute Gasteiger partial charge is 0.227 e. The first-order valence-electron chi connectivity index (χ1n) is 8.07. The normalized spacial score (nSPS) is 30.7. The summed E-state index contributed by atoms with van der Waals surface area (Å²) < 4.78 is 22.8. The van der Waals surface area contributed by atoms with E-state index in [1.54, 1.807) is 6.07 Å². The molecule has 23 heavy (non-hydrogen) atoms. The zero-order valence-electron chi connectivity index (χ0n) is 13.2. The van der Waals surface area contributed by atoms with Crippen LogP contribution in [0.25, 0.3) is 0 Å². The molecule has 2 aliphatic carbocycles. The van der Waals surface area contributed by atoms with Crippen LogP contribution in [0.2, 0.25) is 0 Å². The molecular formula is C16H23N3O3S. The molecule has 0 spiro atoms. The fourth-order valence-corrected chi connectivity index (χ4v) is 4.48. The predicted molar refractivity (Wildman–Crippen MR) is 87.5 cm³/mol. The minimum Gasteiger partial charge on any atom is -0.327 e. The Morgan fingerprint density at radius 1 is 1.26 bits per heavy atom. The van der Waals surface area contributed by atoms with Gasteiger partial charge in [0, 0.05) is 18.2 Å². The Balaban J connectivity index is 1.65. The highest BCUT2D eigenvalue weighted by atomic mass is 32.2. The van der Waals surface area contributed by atoms with Gasteiger partial charge in [0.15, 0.2) is 14.9 Å². The van der Waals surface area contributed by atoms with E-state index in [2.05, 4.69) is 10.3 Å². The summed E-state index contributed by atoms with van der Waals surface area (Å²) in [5.74, 6) is 0.871. The van der Waals surface area contributed by atoms with Crippen molar-refractivity contribution in [2.45, 2.75) is 43.2 Å². The van der Waals surface area contributed by atoms with Gasteiger partial charge < -0.3 is 11.1 Å². The van der Waals surface area contributed by atoms with Crippen LogP contribution in [0.4, 0.5) is 5.69 Å². The predicted octanol–water partition coefficient (Wildman–Crippen LogP) is 1.58. The first-order chi connectivity index (χ1) is 10.8. The third-order valence-corrected chi connectivity index (χ3v) is 6.17. The fourth-order valence-electron chi connectivity index (χ4n) is 3.92. The topological polar surface area (TPSA) is 102 Å². The maximum absolute atomic E-state index is 12.5. The Kier molecular flexibility index (Phi) is 4.42. The summed E-state index contributed by atoms with van der Waals surface area (Å²) in [6, 6.07) is 3.23. The van der Waals surface area contributed by atoms with E-state index >= 15 is 0 Å². The van der Waals surface area contributed by atoms with Crippen LogP contribution < -0.4 is 11.1 Å². The van der Waals surface area contributed by atoms with E-state index in [1.807, 2.05) is 0 Å². The summed E-state index contributed by atoms with van der Waals surface area (Å²) in [5, 5.41) is 2.87. The Bertz CT molecular complexity index is 673. The van der Waals surface area contributed by atoms with Crippen molar-refractivity contribution >= 4 is 21.4 Å². The molecule has 1 aromatic rings. The molecule has 2 saturated carbocycles. The molecule has 126 valence electrons. The summed E-state index contributed by atoms with van der Waals surface area (Å²) in [6.45, 7) is 0. The standard InChI is InChI=1S/C16H23N3O3S/c1-23(21,22)14-6-5-13(9-18-14)19-16(20)12-7-10-3-2-4-11(8-12)15(10)17/h5-6,9-12,15H,2-4,7-8,17H2,1H3,(H,19,20). The van der Waals surface area contributed by atoms with Crippen LogP contribution in [-0.4, -0.2) is 31.6 Å². The van der Waals surface area contributed by atoms with E-state index in [1.165, 1.54) is 18.7 Å². The zero-order chi connectivity index (χ0) is 16.6. The van der Waals surface area contributed by atoms with Crippen LogP contribution in [0, 0.1) is 17.8 Å². The van der Waals surface area contributed by atoms with Crippen molar-refractivity contribution in [2.24, 2.45) is 23.5 Å². The Morgan fingerprint density at radius 2 is 1.91 bits per heavy atom. The zero-order valence-corrected chi connectivity index (χ0v) is 14.1. The number of hydrogen-bond donors (Lipinski definition) is 2. The molecule has 0 aliphatic heterocycles. The third kappa shape index (κ3) is 3.55. The summed E-state index contributed by atoms with van der Waals surface area (Å²) in [7, 11) is -3.32. The van der Waals surface area contributed by atoms with Crippen LogP contribution in [0.15, 0.2) is 23.4 Å². The number of nitrogens with zero attached hydrogens (tertiary/aromatic N) is 1. The number of carbonyl (C=O) groups excluding carboxylic acids is 1. The molecule has 2 aliphatic rings. The average Bonchev–Trinajstić information content (AvgIpc) is 2.46. The second kappa shape index (κ2) is 6.20. The fraction of sp³-hybridized carbons (Fsp3) is 0.625. The first-order valence-corrected chi connectivity index (χ1v) is 9.96. The summed E-state index contributed by atoms with van der Waals surface area (Å²) in [5.41, 5.74) is 6.79. The molecule has 2 unspecified atom stereocenters. The lowest BCUT2D eigenvalue weighted by molar-refractivity contribution is -0.122. The van der Waals surface area contributed by atoms with Crippen LogP contribution in [0.1, 0.15) is 32.1 Å². The van der Waals surface area contributed by atoms with Gasteiger partial charge in [-0.1, -0.05) is 6.42 Å². The summed E-state index contributed by atoms with van der Waals surface area (Å²) >= 11 is 0. The summed E-state index contributed by atoms with van der Waals surface area (Å²) in [6.07, 6.45) is 7.64. The highest BCUT2D eigenvalue weighted by molar-refractivity contribution is 7.90. The van der Waals surface area contributed by atoms with Gasteiger partial charge in [-0.2, -0.15) is 0 Å². The molecule has 3 rings (SSSR count). The highest BCUT2D eigenvalue weighted by Crippen LogP contribution is 2.42. The SMILES string of the molecule is CS(=O)(=O)c1ccc(NC(=O)C2CC3CCCC(C2)C3N)cn1. The van der Waals surface area contributed by atoms with E-state index in [-0.39, 0.29) is 22.9 Å². The van der Waals surface area contributed by atoms with Gasteiger partial charge in [-0.05, 0) is 49.7 Å². The van der Waals surface area contributed by atoms with Crippen LogP contribution in [0.3, 0.4) is 0 Å². The molecule has 2 bridgehead atoms. The number of nitrogens with one attached hydrogen (secondary N) is 1. The van der Waals surface area contributed by atoms with E-state index in [0.717, 1.165) is 31.9 Å². The summed E-state index contributed by atoms with van der Waals surface area (Å²) in [4.78, 5) is 16.4. The quantitative estimate of drug-likeness (QED) is 0.872. The lowest BCUT2D eigenvalue weighted by Crippen LogP contribution is -2.48. The number of aromatic nitrogens is 1. The number of hydrogen-bond acceptors (Lipinski definition) is 5. The Hall–Kier alpha value is -1.47. The van der Waals surface area contributed by atoms with Gasteiger partial charge in [0.25, 0.3) is 0 Å². The molecule has 3 N–H and O–H groups in total. The Labute approximate surface area is 136 Å². The van der Waals surface area contributed by atoms with Gasteiger partial charge in [0.05, 0.1) is 11.9 Å². The van der Waals surface area contributed by atoms with Crippen molar-refractivity contribution in [1.82, 2.24) is 4.98 Å². The molecule has 0 saturated heterocycles. The van der Waals surface area contributed by atoms with Gasteiger partial charge in [-0.25, -0.2) is 13.4 Å². The lowest BCUT2D eigenvalue weighted by atomic mass is 9.65. The van der Waals surface area contributed by atoms with Crippen molar-refractivity contribution in [3.8, 4) is 0 Å². The van der Waals surface area contributed by atoms with E-state index in [4.69, 9.17) is 5.73 Å².